The summed E-state index contributed by atoms with van der Waals surface area (Å²) in [7, 11) is 0. The first-order valence-electron chi connectivity index (χ1n) is 14.3. The van der Waals surface area contributed by atoms with Crippen molar-refractivity contribution in [3.05, 3.63) is 71.8 Å². The van der Waals surface area contributed by atoms with Gasteiger partial charge in [-0.05, 0) is 55.6 Å². The highest BCUT2D eigenvalue weighted by atomic mass is 16.5. The first-order chi connectivity index (χ1) is 19.5. The number of nitrogens with zero attached hydrogens (tertiary/aromatic N) is 1. The lowest BCUT2D eigenvalue weighted by molar-refractivity contribution is -0.152. The molecule has 0 aliphatic heterocycles. The molecule has 3 amide bonds. The van der Waals surface area contributed by atoms with E-state index in [1.165, 1.54) is 11.9 Å². The number of rotatable bonds is 15. The van der Waals surface area contributed by atoms with Crippen molar-refractivity contribution in [2.45, 2.75) is 73.0 Å². The van der Waals surface area contributed by atoms with E-state index in [0.29, 0.717) is 25.7 Å². The van der Waals surface area contributed by atoms with E-state index in [9.17, 15) is 24.3 Å². The van der Waals surface area contributed by atoms with Crippen LogP contribution in [0.5, 0.6) is 0 Å². The van der Waals surface area contributed by atoms with E-state index in [-0.39, 0.29) is 25.0 Å². The van der Waals surface area contributed by atoms with E-state index in [0.717, 1.165) is 11.1 Å². The number of aliphatic carboxylic acids is 1. The van der Waals surface area contributed by atoms with Crippen LogP contribution in [0.15, 0.2) is 60.7 Å². The zero-order chi connectivity index (χ0) is 30.4. The summed E-state index contributed by atoms with van der Waals surface area (Å²) in [5.41, 5.74) is 4.62. The van der Waals surface area contributed by atoms with Gasteiger partial charge in [0, 0.05) is 6.54 Å². The van der Waals surface area contributed by atoms with E-state index in [2.05, 4.69) is 10.7 Å². The molecule has 2 aromatic rings. The van der Waals surface area contributed by atoms with Crippen LogP contribution in [0.4, 0.5) is 4.79 Å². The Labute approximate surface area is 243 Å². The van der Waals surface area contributed by atoms with E-state index in [4.69, 9.17) is 4.74 Å². The monoisotopic (exact) mass is 567 g/mol. The lowest BCUT2D eigenvalue weighted by Crippen LogP contribution is -2.56. The zero-order valence-electron chi connectivity index (χ0n) is 24.8. The van der Waals surface area contributed by atoms with E-state index in [1.807, 2.05) is 88.4 Å². The fourth-order valence-electron chi connectivity index (χ4n) is 4.64. The smallest absolute Gasteiger partial charge is 0.408 e. The Morgan fingerprint density at radius 1 is 0.829 bits per heavy atom. The molecule has 0 bridgehead atoms. The molecule has 2 aromatic carbocycles. The van der Waals surface area contributed by atoms with Crippen LogP contribution in [-0.4, -0.2) is 46.6 Å². The first-order valence-corrected chi connectivity index (χ1v) is 14.3. The fourth-order valence-corrected chi connectivity index (χ4v) is 4.64. The first kappa shape index (κ1) is 33.3. The van der Waals surface area contributed by atoms with Crippen molar-refractivity contribution in [3.63, 3.8) is 0 Å². The molecule has 0 saturated carbocycles. The maximum Gasteiger partial charge on any atom is 0.408 e. The number of carbonyl (C=O) groups is 4. The molecule has 2 rings (SSSR count). The number of carboxylic acid groups (broad SMARTS) is 1. The number of aryl methyl sites for hydroxylation is 1. The van der Waals surface area contributed by atoms with Gasteiger partial charge in [0.15, 0.2) is 0 Å². The van der Waals surface area contributed by atoms with Crippen LogP contribution in [0.2, 0.25) is 0 Å². The van der Waals surface area contributed by atoms with Gasteiger partial charge in [-0.15, -0.1) is 0 Å². The molecular formula is C32H45N3O6. The van der Waals surface area contributed by atoms with E-state index < -0.39 is 41.8 Å². The summed E-state index contributed by atoms with van der Waals surface area (Å²) in [6.07, 6.45) is 1.26. The third-order valence-corrected chi connectivity index (χ3v) is 6.66. The van der Waals surface area contributed by atoms with Crippen LogP contribution < -0.4 is 10.7 Å². The van der Waals surface area contributed by atoms with Crippen LogP contribution in [0.25, 0.3) is 0 Å². The van der Waals surface area contributed by atoms with Crippen molar-refractivity contribution in [1.82, 2.24) is 15.8 Å². The number of hydrazine groups is 1. The van der Waals surface area contributed by atoms with Gasteiger partial charge in [-0.25, -0.2) is 4.79 Å². The molecule has 0 radical (unpaired) electrons. The molecule has 3 atom stereocenters. The number of alkyl carbamates (subject to hydrolysis) is 1. The van der Waals surface area contributed by atoms with E-state index in [1.54, 1.807) is 0 Å². The number of hydrogen-bond acceptors (Lipinski definition) is 5. The Morgan fingerprint density at radius 2 is 1.41 bits per heavy atom. The lowest BCUT2D eigenvalue weighted by Gasteiger charge is -2.31. The third kappa shape index (κ3) is 12.0. The summed E-state index contributed by atoms with van der Waals surface area (Å²) in [5.74, 6) is -3.74. The highest BCUT2D eigenvalue weighted by Crippen LogP contribution is 2.27. The standard InChI is InChI=1S/C32H45N3O6/c1-22(2)19-28(27(31(38)39)18-12-17-25-13-8-6-9-14-25)29(36)34-35(20-23(3)4)30(37)24(5)33-32(40)41-21-26-15-10-7-11-16-26/h6-11,13-16,22-24,27-28H,12,17-21H2,1-5H3,(H,33,40)(H,34,36)(H,38,39)/t24-,27-,28?/m1/s1. The van der Waals surface area contributed by atoms with Gasteiger partial charge in [0.2, 0.25) is 5.91 Å². The normalized spacial score (nSPS) is 13.2. The van der Waals surface area contributed by atoms with Gasteiger partial charge in [-0.1, -0.05) is 88.4 Å². The molecule has 41 heavy (non-hydrogen) atoms. The van der Waals surface area contributed by atoms with Gasteiger partial charge in [-0.2, -0.15) is 0 Å². The van der Waals surface area contributed by atoms with Crippen molar-refractivity contribution in [3.8, 4) is 0 Å². The third-order valence-electron chi connectivity index (χ3n) is 6.66. The maximum atomic E-state index is 13.6. The summed E-state index contributed by atoms with van der Waals surface area (Å²) in [5, 5.41) is 13.8. The summed E-state index contributed by atoms with van der Waals surface area (Å²) in [6.45, 7) is 9.43. The van der Waals surface area contributed by atoms with E-state index >= 15 is 0 Å². The quantitative estimate of drug-likeness (QED) is 0.254. The summed E-state index contributed by atoms with van der Waals surface area (Å²) >= 11 is 0. The molecule has 1 unspecified atom stereocenters. The molecule has 3 N–H and O–H groups in total. The minimum absolute atomic E-state index is 0.00109. The summed E-state index contributed by atoms with van der Waals surface area (Å²) in [4.78, 5) is 51.6. The SMILES string of the molecule is CC(C)CC(C(=O)NN(CC(C)C)C(=O)[C@@H](C)NC(=O)OCc1ccccc1)[C@@H](CCCc1ccccc1)C(=O)O. The van der Waals surface area contributed by atoms with Crippen LogP contribution in [0.3, 0.4) is 0 Å². The van der Waals surface area contributed by atoms with Gasteiger partial charge in [0.25, 0.3) is 5.91 Å². The summed E-state index contributed by atoms with van der Waals surface area (Å²) in [6, 6.07) is 18.0. The second-order valence-electron chi connectivity index (χ2n) is 11.3. The molecule has 0 heterocycles. The van der Waals surface area contributed by atoms with Crippen molar-refractivity contribution in [2.75, 3.05) is 6.54 Å². The van der Waals surface area contributed by atoms with Gasteiger partial charge >= 0.3 is 12.1 Å². The maximum absolute atomic E-state index is 13.6. The van der Waals surface area contributed by atoms with Crippen LogP contribution in [0.1, 0.15) is 65.0 Å². The molecule has 0 fully saturated rings. The highest BCUT2D eigenvalue weighted by molar-refractivity contribution is 5.89. The van der Waals surface area contributed by atoms with Gasteiger partial charge in [0.05, 0.1) is 11.8 Å². The minimum Gasteiger partial charge on any atom is -0.481 e. The Bertz CT molecular complexity index is 1110. The van der Waals surface area contributed by atoms with Crippen molar-refractivity contribution < 1.29 is 29.0 Å². The fraction of sp³-hybridized carbons (Fsp3) is 0.500. The predicted molar refractivity (Wildman–Crippen MR) is 157 cm³/mol. The Balaban J connectivity index is 2.09. The molecule has 224 valence electrons. The molecule has 9 nitrogen and oxygen atoms in total. The average molecular weight is 568 g/mol. The molecule has 0 aromatic heterocycles. The Hall–Kier alpha value is -3.88. The number of benzene rings is 2. The Morgan fingerprint density at radius 3 is 1.95 bits per heavy atom. The molecular weight excluding hydrogens is 522 g/mol. The summed E-state index contributed by atoms with van der Waals surface area (Å²) < 4.78 is 5.23. The average Bonchev–Trinajstić information content (AvgIpc) is 2.93. The van der Waals surface area contributed by atoms with Gasteiger partial charge in [-0.3, -0.25) is 24.8 Å². The van der Waals surface area contributed by atoms with Crippen LogP contribution >= 0.6 is 0 Å². The van der Waals surface area contributed by atoms with Crippen molar-refractivity contribution >= 4 is 23.9 Å². The molecule has 0 aliphatic carbocycles. The lowest BCUT2D eigenvalue weighted by atomic mass is 9.81. The molecule has 9 heteroatoms. The molecule has 0 aliphatic rings. The zero-order valence-corrected chi connectivity index (χ0v) is 24.8. The Kier molecular flexibility index (Phi) is 13.9. The van der Waals surface area contributed by atoms with Crippen molar-refractivity contribution in [1.29, 1.82) is 0 Å². The number of amides is 3. The van der Waals surface area contributed by atoms with Gasteiger partial charge < -0.3 is 15.2 Å². The number of ether oxygens (including phenoxy) is 1. The largest absolute Gasteiger partial charge is 0.481 e. The second kappa shape index (κ2) is 17.0. The van der Waals surface area contributed by atoms with Gasteiger partial charge in [0.1, 0.15) is 12.6 Å². The predicted octanol–water partition coefficient (Wildman–Crippen LogP) is 5.20. The minimum atomic E-state index is -1.03. The van der Waals surface area contributed by atoms with Crippen LogP contribution in [-0.2, 0) is 32.1 Å². The highest BCUT2D eigenvalue weighted by Gasteiger charge is 2.36. The van der Waals surface area contributed by atoms with Crippen LogP contribution in [0, 0.1) is 23.7 Å². The molecule has 0 spiro atoms. The number of hydrogen-bond donors (Lipinski definition) is 3. The second-order valence-corrected chi connectivity index (χ2v) is 11.3. The molecule has 0 saturated heterocycles. The number of carbonyl (C=O) groups excluding carboxylic acids is 3. The van der Waals surface area contributed by atoms with Crippen molar-refractivity contribution in [2.24, 2.45) is 23.7 Å². The number of carboxylic acids is 1. The topological polar surface area (TPSA) is 125 Å². The number of nitrogens with one attached hydrogen (secondary N) is 2.